The molecule has 1 aromatic heterocycles. The molecule has 1 aliphatic rings. The van der Waals surface area contributed by atoms with E-state index in [4.69, 9.17) is 18.0 Å². The van der Waals surface area contributed by atoms with Crippen LogP contribution in [-0.2, 0) is 6.54 Å². The molecule has 0 aromatic carbocycles. The molecule has 0 atom stereocenters. The third-order valence-corrected chi connectivity index (χ3v) is 4.72. The average molecular weight is 281 g/mol. The summed E-state index contributed by atoms with van der Waals surface area (Å²) >= 11 is 7.03. The van der Waals surface area contributed by atoms with Crippen LogP contribution in [0.3, 0.4) is 0 Å². The SMILES string of the molecule is CSC1CCN(Cc2cccnc2C(N)=S)CC1. The van der Waals surface area contributed by atoms with Crippen LogP contribution in [0, 0.1) is 0 Å². The van der Waals surface area contributed by atoms with Crippen LogP contribution >= 0.6 is 24.0 Å². The molecule has 2 rings (SSSR count). The molecule has 98 valence electrons. The van der Waals surface area contributed by atoms with Crippen molar-refractivity contribution in [3.63, 3.8) is 0 Å². The normalized spacial score (nSPS) is 17.8. The first-order valence-corrected chi connectivity index (χ1v) is 7.89. The van der Waals surface area contributed by atoms with Crippen LogP contribution in [0.15, 0.2) is 18.3 Å². The molecular weight excluding hydrogens is 262 g/mol. The first-order chi connectivity index (χ1) is 8.70. The van der Waals surface area contributed by atoms with Gasteiger partial charge in [0.2, 0.25) is 0 Å². The van der Waals surface area contributed by atoms with E-state index in [-0.39, 0.29) is 0 Å². The van der Waals surface area contributed by atoms with Gasteiger partial charge in [0.1, 0.15) is 10.7 Å². The first kappa shape index (κ1) is 13.8. The highest BCUT2D eigenvalue weighted by Crippen LogP contribution is 2.22. The standard InChI is InChI=1S/C13H19N3S2/c1-18-11-4-7-16(8-5-11)9-10-3-2-6-15-12(10)13(14)17/h2-3,6,11H,4-5,7-9H2,1H3,(H2,14,17). The molecule has 0 amide bonds. The van der Waals surface area contributed by atoms with Gasteiger partial charge in [0.05, 0.1) is 0 Å². The van der Waals surface area contributed by atoms with Crippen molar-refractivity contribution in [3.8, 4) is 0 Å². The maximum absolute atomic E-state index is 5.71. The van der Waals surface area contributed by atoms with E-state index in [1.165, 1.54) is 12.8 Å². The van der Waals surface area contributed by atoms with Crippen LogP contribution < -0.4 is 5.73 Å². The molecule has 2 N–H and O–H groups in total. The number of nitrogens with two attached hydrogens (primary N) is 1. The van der Waals surface area contributed by atoms with Gasteiger partial charge in [-0.05, 0) is 43.8 Å². The zero-order chi connectivity index (χ0) is 13.0. The van der Waals surface area contributed by atoms with Gasteiger partial charge >= 0.3 is 0 Å². The average Bonchev–Trinajstić information content (AvgIpc) is 2.40. The number of aromatic nitrogens is 1. The summed E-state index contributed by atoms with van der Waals surface area (Å²) in [6.07, 6.45) is 6.48. The Hall–Kier alpha value is -0.650. The van der Waals surface area contributed by atoms with Gasteiger partial charge in [-0.3, -0.25) is 9.88 Å². The molecule has 18 heavy (non-hydrogen) atoms. The van der Waals surface area contributed by atoms with Crippen molar-refractivity contribution >= 4 is 29.0 Å². The van der Waals surface area contributed by atoms with Crippen molar-refractivity contribution < 1.29 is 0 Å². The highest BCUT2D eigenvalue weighted by molar-refractivity contribution is 7.99. The lowest BCUT2D eigenvalue weighted by molar-refractivity contribution is 0.224. The lowest BCUT2D eigenvalue weighted by atomic mass is 10.1. The molecule has 0 bridgehead atoms. The second-order valence-electron chi connectivity index (χ2n) is 4.59. The predicted octanol–water partition coefficient (Wildman–Crippen LogP) is 2.04. The number of thioether (sulfide) groups is 1. The summed E-state index contributed by atoms with van der Waals surface area (Å²) in [6.45, 7) is 3.20. The maximum Gasteiger partial charge on any atom is 0.123 e. The van der Waals surface area contributed by atoms with Crippen LogP contribution in [-0.4, -0.2) is 39.5 Å². The molecule has 0 radical (unpaired) electrons. The molecule has 0 saturated carbocycles. The maximum atomic E-state index is 5.71. The minimum absolute atomic E-state index is 0.393. The molecular formula is C13H19N3S2. The number of rotatable bonds is 4. The van der Waals surface area contributed by atoms with Crippen molar-refractivity contribution in [2.75, 3.05) is 19.3 Å². The number of hydrogen-bond donors (Lipinski definition) is 1. The fourth-order valence-corrected chi connectivity index (χ4v) is 3.20. The summed E-state index contributed by atoms with van der Waals surface area (Å²) in [7, 11) is 0. The highest BCUT2D eigenvalue weighted by Gasteiger charge is 2.19. The fourth-order valence-electron chi connectivity index (χ4n) is 2.33. The number of piperidine rings is 1. The summed E-state index contributed by atoms with van der Waals surface area (Å²) < 4.78 is 0. The summed E-state index contributed by atoms with van der Waals surface area (Å²) in [6, 6.07) is 4.02. The van der Waals surface area contributed by atoms with Gasteiger partial charge < -0.3 is 5.73 Å². The van der Waals surface area contributed by atoms with Gasteiger partial charge in [0.25, 0.3) is 0 Å². The molecule has 0 aliphatic carbocycles. The Bertz CT molecular complexity index is 414. The van der Waals surface area contributed by atoms with Crippen molar-refractivity contribution in [1.82, 2.24) is 9.88 Å². The quantitative estimate of drug-likeness (QED) is 0.856. The van der Waals surface area contributed by atoms with Crippen LogP contribution in [0.4, 0.5) is 0 Å². The zero-order valence-corrected chi connectivity index (χ0v) is 12.3. The number of likely N-dealkylation sites (tertiary alicyclic amines) is 1. The van der Waals surface area contributed by atoms with Crippen molar-refractivity contribution in [2.45, 2.75) is 24.6 Å². The van der Waals surface area contributed by atoms with Crippen molar-refractivity contribution in [3.05, 3.63) is 29.6 Å². The van der Waals surface area contributed by atoms with E-state index in [0.717, 1.165) is 36.1 Å². The van der Waals surface area contributed by atoms with Gasteiger partial charge in [0.15, 0.2) is 0 Å². The smallest absolute Gasteiger partial charge is 0.123 e. The van der Waals surface area contributed by atoms with Gasteiger partial charge in [-0.15, -0.1) is 0 Å². The van der Waals surface area contributed by atoms with E-state index in [2.05, 4.69) is 22.2 Å². The van der Waals surface area contributed by atoms with Crippen LogP contribution in [0.1, 0.15) is 24.1 Å². The fraction of sp³-hybridized carbons (Fsp3) is 0.538. The molecule has 0 unspecified atom stereocenters. The van der Waals surface area contributed by atoms with Gasteiger partial charge in [-0.2, -0.15) is 11.8 Å². The lowest BCUT2D eigenvalue weighted by Crippen LogP contribution is -2.34. The Balaban J connectivity index is 2.00. The third kappa shape index (κ3) is 3.43. The van der Waals surface area contributed by atoms with E-state index in [9.17, 15) is 0 Å². The topological polar surface area (TPSA) is 42.2 Å². The van der Waals surface area contributed by atoms with Crippen LogP contribution in [0.5, 0.6) is 0 Å². The summed E-state index contributed by atoms with van der Waals surface area (Å²) in [5.74, 6) is 0. The molecule has 1 saturated heterocycles. The predicted molar refractivity (Wildman–Crippen MR) is 81.9 cm³/mol. The monoisotopic (exact) mass is 281 g/mol. The van der Waals surface area contributed by atoms with Crippen molar-refractivity contribution in [1.29, 1.82) is 0 Å². The van der Waals surface area contributed by atoms with Crippen molar-refractivity contribution in [2.24, 2.45) is 5.73 Å². The van der Waals surface area contributed by atoms with E-state index in [1.54, 1.807) is 6.20 Å². The van der Waals surface area contributed by atoms with E-state index >= 15 is 0 Å². The number of pyridine rings is 1. The molecule has 0 spiro atoms. The molecule has 2 heterocycles. The summed E-state index contributed by atoms with van der Waals surface area (Å²) in [4.78, 5) is 7.13. The van der Waals surface area contributed by atoms with Gasteiger partial charge in [-0.25, -0.2) is 0 Å². The Morgan fingerprint density at radius 3 is 2.89 bits per heavy atom. The summed E-state index contributed by atoms with van der Waals surface area (Å²) in [5.41, 5.74) is 7.63. The second-order valence-corrected chi connectivity index (χ2v) is 6.16. The summed E-state index contributed by atoms with van der Waals surface area (Å²) in [5, 5.41) is 0.824. The minimum atomic E-state index is 0.393. The Kier molecular flexibility index (Phi) is 4.97. The Morgan fingerprint density at radius 1 is 1.56 bits per heavy atom. The second kappa shape index (κ2) is 6.50. The van der Waals surface area contributed by atoms with E-state index in [1.807, 2.05) is 17.8 Å². The van der Waals surface area contributed by atoms with Gasteiger partial charge in [0, 0.05) is 18.0 Å². The lowest BCUT2D eigenvalue weighted by Gasteiger charge is -2.31. The number of nitrogens with zero attached hydrogens (tertiary/aromatic N) is 2. The molecule has 1 fully saturated rings. The number of thiocarbonyl (C=S) groups is 1. The van der Waals surface area contributed by atoms with Gasteiger partial charge in [-0.1, -0.05) is 18.3 Å². The van der Waals surface area contributed by atoms with E-state index < -0.39 is 0 Å². The molecule has 5 heteroatoms. The minimum Gasteiger partial charge on any atom is -0.388 e. The van der Waals surface area contributed by atoms with Crippen LogP contribution in [0.2, 0.25) is 0 Å². The van der Waals surface area contributed by atoms with Crippen LogP contribution in [0.25, 0.3) is 0 Å². The molecule has 3 nitrogen and oxygen atoms in total. The van der Waals surface area contributed by atoms with E-state index in [0.29, 0.717) is 4.99 Å². The molecule has 1 aliphatic heterocycles. The Morgan fingerprint density at radius 2 is 2.28 bits per heavy atom. The first-order valence-electron chi connectivity index (χ1n) is 6.19. The highest BCUT2D eigenvalue weighted by atomic mass is 32.2. The molecule has 1 aromatic rings. The third-order valence-electron chi connectivity index (χ3n) is 3.39. The largest absolute Gasteiger partial charge is 0.388 e. The zero-order valence-electron chi connectivity index (χ0n) is 10.6. The number of hydrogen-bond acceptors (Lipinski definition) is 4. The Labute approximate surface area is 118 Å².